The Morgan fingerprint density at radius 1 is 1.28 bits per heavy atom. The maximum atomic E-state index is 11.3. The lowest BCUT2D eigenvalue weighted by Crippen LogP contribution is -2.15. The van der Waals surface area contributed by atoms with Gasteiger partial charge >= 0.3 is 11.9 Å². The van der Waals surface area contributed by atoms with E-state index < -0.39 is 19.3 Å². The lowest BCUT2D eigenvalue weighted by Gasteiger charge is -2.09. The van der Waals surface area contributed by atoms with Gasteiger partial charge in [-0.3, -0.25) is 9.36 Å². The Hall–Kier alpha value is -1.13. The highest BCUT2D eigenvalue weighted by molar-refractivity contribution is 7.57. The van der Waals surface area contributed by atoms with Crippen LogP contribution in [0.2, 0.25) is 0 Å². The molecule has 0 aliphatic carbocycles. The lowest BCUT2D eigenvalue weighted by atomic mass is 10.4. The number of ether oxygens (including phenoxy) is 2. The fraction of sp³-hybridized carbons (Fsp3) is 0.636. The molecule has 0 aromatic carbocycles. The summed E-state index contributed by atoms with van der Waals surface area (Å²) in [5, 5.41) is 0. The second kappa shape index (κ2) is 8.06. The predicted octanol–water partition coefficient (Wildman–Crippen LogP) is 1.33. The van der Waals surface area contributed by atoms with Crippen LogP contribution in [-0.4, -0.2) is 42.4 Å². The monoisotopic (exact) mass is 278 g/mol. The van der Waals surface area contributed by atoms with E-state index in [0.29, 0.717) is 0 Å². The van der Waals surface area contributed by atoms with E-state index in [4.69, 9.17) is 9.47 Å². The molecule has 1 N–H and O–H groups in total. The van der Waals surface area contributed by atoms with Crippen LogP contribution in [0.15, 0.2) is 12.2 Å². The van der Waals surface area contributed by atoms with Gasteiger partial charge in [-0.15, -0.1) is 0 Å². The number of hydrogen-bond donors (Lipinski definition) is 1. The van der Waals surface area contributed by atoms with Gasteiger partial charge in [0.1, 0.15) is 13.2 Å². The van der Waals surface area contributed by atoms with Crippen molar-refractivity contribution in [2.45, 2.75) is 20.3 Å². The number of esters is 2. The molecule has 104 valence electrons. The molecule has 0 bridgehead atoms. The summed E-state index contributed by atoms with van der Waals surface area (Å²) >= 11 is 0. The van der Waals surface area contributed by atoms with Crippen molar-refractivity contribution >= 4 is 19.3 Å². The minimum Gasteiger partial charge on any atom is -0.462 e. The molecule has 0 aliphatic rings. The molecule has 0 radical (unpaired) electrons. The standard InChI is InChI=1S/C11H19O6P/c1-4-18(14,15)8-5-10(12)16-6-7-17-11(13)9(2)3/h2,4-8H2,1,3H3,(H,14,15). The summed E-state index contributed by atoms with van der Waals surface area (Å²) < 4.78 is 20.7. The molecular weight excluding hydrogens is 259 g/mol. The molecule has 0 fully saturated rings. The third-order valence-electron chi connectivity index (χ3n) is 2.09. The molecule has 0 aliphatic heterocycles. The molecule has 0 aromatic rings. The van der Waals surface area contributed by atoms with Crippen LogP contribution >= 0.6 is 7.37 Å². The van der Waals surface area contributed by atoms with E-state index in [1.54, 1.807) is 6.92 Å². The summed E-state index contributed by atoms with van der Waals surface area (Å²) in [6.07, 6.45) is -0.0690. The summed E-state index contributed by atoms with van der Waals surface area (Å²) in [4.78, 5) is 31.4. The second-order valence-corrected chi connectivity index (χ2v) is 6.55. The van der Waals surface area contributed by atoms with Crippen molar-refractivity contribution in [3.05, 3.63) is 12.2 Å². The van der Waals surface area contributed by atoms with Crippen LogP contribution in [0.4, 0.5) is 0 Å². The van der Waals surface area contributed by atoms with Crippen LogP contribution in [0, 0.1) is 0 Å². The van der Waals surface area contributed by atoms with Gasteiger partial charge in [0.05, 0.1) is 6.42 Å². The third-order valence-corrected chi connectivity index (χ3v) is 4.00. The Labute approximate surface area is 106 Å². The molecule has 7 heteroatoms. The summed E-state index contributed by atoms with van der Waals surface area (Å²) in [7, 11) is -3.19. The largest absolute Gasteiger partial charge is 0.462 e. The minimum atomic E-state index is -3.19. The minimum absolute atomic E-state index is 0.0536. The van der Waals surface area contributed by atoms with Crippen molar-refractivity contribution < 1.29 is 28.5 Å². The van der Waals surface area contributed by atoms with Crippen molar-refractivity contribution in [1.29, 1.82) is 0 Å². The number of hydrogen-bond acceptors (Lipinski definition) is 5. The van der Waals surface area contributed by atoms with Gasteiger partial charge in [0.25, 0.3) is 0 Å². The van der Waals surface area contributed by atoms with Gasteiger partial charge in [0.2, 0.25) is 7.37 Å². The lowest BCUT2D eigenvalue weighted by molar-refractivity contribution is -0.149. The van der Waals surface area contributed by atoms with Gasteiger partial charge in [-0.05, 0) is 6.92 Å². The Balaban J connectivity index is 3.70. The fourth-order valence-corrected chi connectivity index (χ4v) is 1.76. The predicted molar refractivity (Wildman–Crippen MR) is 66.6 cm³/mol. The van der Waals surface area contributed by atoms with Crippen LogP contribution in [0.1, 0.15) is 20.3 Å². The van der Waals surface area contributed by atoms with Gasteiger partial charge < -0.3 is 14.4 Å². The highest BCUT2D eigenvalue weighted by Gasteiger charge is 2.17. The number of carbonyl (C=O) groups excluding carboxylic acids is 2. The highest BCUT2D eigenvalue weighted by atomic mass is 31.2. The summed E-state index contributed by atoms with van der Waals surface area (Å²) in [5.74, 6) is -1.12. The third kappa shape index (κ3) is 8.03. The molecule has 0 heterocycles. The molecule has 0 spiro atoms. The van der Waals surface area contributed by atoms with Gasteiger partial charge in [0, 0.05) is 17.9 Å². The second-order valence-electron chi connectivity index (χ2n) is 3.77. The van der Waals surface area contributed by atoms with Crippen LogP contribution < -0.4 is 0 Å². The van der Waals surface area contributed by atoms with Crippen LogP contribution in [-0.2, 0) is 23.6 Å². The molecule has 6 nitrogen and oxygen atoms in total. The first-order chi connectivity index (χ1) is 8.28. The molecule has 0 aromatic heterocycles. The summed E-state index contributed by atoms with van der Waals surface area (Å²) in [6, 6.07) is 0. The van der Waals surface area contributed by atoms with Crippen LogP contribution in [0.5, 0.6) is 0 Å². The average Bonchev–Trinajstić information content (AvgIpc) is 2.31. The Bertz CT molecular complexity index is 363. The first kappa shape index (κ1) is 16.9. The maximum Gasteiger partial charge on any atom is 0.333 e. The molecule has 0 saturated heterocycles. The van der Waals surface area contributed by atoms with E-state index in [-0.39, 0.29) is 37.5 Å². The van der Waals surface area contributed by atoms with Gasteiger partial charge in [-0.25, -0.2) is 4.79 Å². The van der Waals surface area contributed by atoms with Crippen molar-refractivity contribution in [3.63, 3.8) is 0 Å². The zero-order valence-electron chi connectivity index (χ0n) is 10.7. The maximum absolute atomic E-state index is 11.3. The molecular formula is C11H19O6P. The van der Waals surface area contributed by atoms with Crippen molar-refractivity contribution in [1.82, 2.24) is 0 Å². The Morgan fingerprint density at radius 2 is 1.83 bits per heavy atom. The smallest absolute Gasteiger partial charge is 0.333 e. The SMILES string of the molecule is C=C(C)C(=O)OCCOC(=O)CCP(=O)(O)CC. The van der Waals surface area contributed by atoms with Crippen molar-refractivity contribution in [3.8, 4) is 0 Å². The zero-order chi connectivity index (χ0) is 14.2. The quantitative estimate of drug-likeness (QED) is 0.312. The first-order valence-corrected chi connectivity index (χ1v) is 7.60. The Kier molecular flexibility index (Phi) is 7.55. The number of carbonyl (C=O) groups is 2. The van der Waals surface area contributed by atoms with E-state index in [9.17, 15) is 19.0 Å². The Morgan fingerprint density at radius 3 is 2.33 bits per heavy atom. The molecule has 0 amide bonds. The van der Waals surface area contributed by atoms with E-state index in [2.05, 4.69) is 6.58 Å². The summed E-state index contributed by atoms with van der Waals surface area (Å²) in [6.45, 7) is 6.37. The van der Waals surface area contributed by atoms with E-state index in [0.717, 1.165) is 0 Å². The molecule has 0 saturated carbocycles. The molecule has 1 atom stereocenters. The summed E-state index contributed by atoms with van der Waals surface area (Å²) in [5.41, 5.74) is 0.269. The first-order valence-electron chi connectivity index (χ1n) is 5.57. The highest BCUT2D eigenvalue weighted by Crippen LogP contribution is 2.40. The van der Waals surface area contributed by atoms with Crippen LogP contribution in [0.3, 0.4) is 0 Å². The molecule has 18 heavy (non-hydrogen) atoms. The topological polar surface area (TPSA) is 89.9 Å². The average molecular weight is 278 g/mol. The van der Waals surface area contributed by atoms with Crippen LogP contribution in [0.25, 0.3) is 0 Å². The van der Waals surface area contributed by atoms with Crippen molar-refractivity contribution in [2.24, 2.45) is 0 Å². The zero-order valence-corrected chi connectivity index (χ0v) is 11.6. The van der Waals surface area contributed by atoms with Gasteiger partial charge in [-0.2, -0.15) is 0 Å². The van der Waals surface area contributed by atoms with Gasteiger partial charge in [-0.1, -0.05) is 13.5 Å². The van der Waals surface area contributed by atoms with Gasteiger partial charge in [0.15, 0.2) is 0 Å². The molecule has 0 rings (SSSR count). The van der Waals surface area contributed by atoms with E-state index >= 15 is 0 Å². The van der Waals surface area contributed by atoms with E-state index in [1.807, 2.05) is 0 Å². The van der Waals surface area contributed by atoms with E-state index in [1.165, 1.54) is 6.92 Å². The number of rotatable bonds is 8. The van der Waals surface area contributed by atoms with Crippen molar-refractivity contribution in [2.75, 3.05) is 25.5 Å². The normalized spacial score (nSPS) is 13.5. The fourth-order valence-electron chi connectivity index (χ4n) is 0.909. The molecule has 1 unspecified atom stereocenters.